The van der Waals surface area contributed by atoms with Gasteiger partial charge in [0, 0.05) is 18.1 Å². The van der Waals surface area contributed by atoms with Crippen LogP contribution in [0.2, 0.25) is 5.02 Å². The van der Waals surface area contributed by atoms with Gasteiger partial charge in [0.05, 0.1) is 12.7 Å². The first-order valence-corrected chi connectivity index (χ1v) is 10.4. The SMILES string of the molecule is COC(=O)c1cc(Cl)c(-c2ccccc2F)[n+]2c1C(=O)c1c(C(C)C)cccc1C2C. The molecule has 1 aliphatic heterocycles. The Morgan fingerprint density at radius 2 is 1.84 bits per heavy atom. The van der Waals surface area contributed by atoms with E-state index < -0.39 is 11.8 Å². The molecule has 0 amide bonds. The molecule has 0 fully saturated rings. The number of carbonyl (C=O) groups is 2. The van der Waals surface area contributed by atoms with Crippen LogP contribution in [0.25, 0.3) is 11.3 Å². The fourth-order valence-corrected chi connectivity index (χ4v) is 4.66. The summed E-state index contributed by atoms with van der Waals surface area (Å²) in [5, 5.41) is 0.164. The predicted molar refractivity (Wildman–Crippen MR) is 116 cm³/mol. The zero-order valence-electron chi connectivity index (χ0n) is 17.7. The Bertz CT molecular complexity index is 1240. The molecule has 4 rings (SSSR count). The highest BCUT2D eigenvalue weighted by molar-refractivity contribution is 6.33. The number of rotatable bonds is 3. The maximum absolute atomic E-state index is 14.8. The van der Waals surface area contributed by atoms with Crippen LogP contribution in [0.1, 0.15) is 70.3 Å². The molecule has 3 aromatic rings. The first-order valence-electron chi connectivity index (χ1n) is 10.1. The van der Waals surface area contributed by atoms with Gasteiger partial charge in [0.1, 0.15) is 16.4 Å². The second-order valence-corrected chi connectivity index (χ2v) is 8.32. The molecule has 0 N–H and O–H groups in total. The number of ether oxygens (including phenoxy) is 1. The number of nitrogens with zero attached hydrogens (tertiary/aromatic N) is 1. The van der Waals surface area contributed by atoms with Crippen LogP contribution in [0.3, 0.4) is 0 Å². The van der Waals surface area contributed by atoms with Crippen molar-refractivity contribution in [3.63, 3.8) is 0 Å². The normalized spacial score (nSPS) is 14.9. The summed E-state index contributed by atoms with van der Waals surface area (Å²) >= 11 is 6.59. The average molecular weight is 439 g/mol. The molecule has 2 aromatic carbocycles. The number of pyridine rings is 1. The number of halogens is 2. The fraction of sp³-hybridized carbons (Fsp3) is 0.240. The number of aromatic nitrogens is 1. The fourth-order valence-electron chi connectivity index (χ4n) is 4.35. The van der Waals surface area contributed by atoms with E-state index in [-0.39, 0.29) is 39.6 Å². The van der Waals surface area contributed by atoms with Crippen molar-refractivity contribution < 1.29 is 23.3 Å². The van der Waals surface area contributed by atoms with Crippen LogP contribution in [0.15, 0.2) is 48.5 Å². The zero-order chi connectivity index (χ0) is 22.4. The molecule has 158 valence electrons. The number of ketones is 1. The molecule has 2 heterocycles. The van der Waals surface area contributed by atoms with Gasteiger partial charge in [0.2, 0.25) is 5.69 Å². The summed E-state index contributed by atoms with van der Waals surface area (Å²) in [6, 6.07) is 13.0. The van der Waals surface area contributed by atoms with Crippen LogP contribution in [0.5, 0.6) is 0 Å². The number of esters is 1. The molecular weight excluding hydrogens is 417 g/mol. The number of benzene rings is 2. The molecule has 1 aromatic heterocycles. The molecule has 0 bridgehead atoms. The van der Waals surface area contributed by atoms with Gasteiger partial charge >= 0.3 is 5.97 Å². The van der Waals surface area contributed by atoms with Gasteiger partial charge in [-0.05, 0) is 29.7 Å². The van der Waals surface area contributed by atoms with E-state index in [9.17, 15) is 14.0 Å². The van der Waals surface area contributed by atoms with Crippen LogP contribution < -0.4 is 4.57 Å². The Hall–Kier alpha value is -3.05. The highest BCUT2D eigenvalue weighted by atomic mass is 35.5. The third-order valence-electron chi connectivity index (χ3n) is 5.80. The average Bonchev–Trinajstić information content (AvgIpc) is 2.76. The maximum Gasteiger partial charge on any atom is 0.344 e. The lowest BCUT2D eigenvalue weighted by molar-refractivity contribution is -0.703. The lowest BCUT2D eigenvalue weighted by Gasteiger charge is -2.26. The van der Waals surface area contributed by atoms with E-state index in [4.69, 9.17) is 16.3 Å². The third kappa shape index (κ3) is 3.24. The Labute approximate surface area is 185 Å². The van der Waals surface area contributed by atoms with Gasteiger partial charge in [-0.3, -0.25) is 4.79 Å². The summed E-state index contributed by atoms with van der Waals surface area (Å²) in [4.78, 5) is 26.4. The molecule has 0 saturated carbocycles. The molecule has 0 saturated heterocycles. The van der Waals surface area contributed by atoms with Crippen molar-refractivity contribution in [2.24, 2.45) is 0 Å². The van der Waals surface area contributed by atoms with Crippen LogP contribution in [-0.4, -0.2) is 18.9 Å². The first-order chi connectivity index (χ1) is 14.8. The molecule has 4 nitrogen and oxygen atoms in total. The Morgan fingerprint density at radius 3 is 2.48 bits per heavy atom. The van der Waals surface area contributed by atoms with E-state index in [0.29, 0.717) is 11.3 Å². The highest BCUT2D eigenvalue weighted by Gasteiger charge is 2.44. The number of fused-ring (bicyclic) bond motifs is 2. The first kappa shape index (κ1) is 21.2. The Morgan fingerprint density at radius 1 is 1.13 bits per heavy atom. The van der Waals surface area contributed by atoms with E-state index >= 15 is 0 Å². The van der Waals surface area contributed by atoms with E-state index in [1.807, 2.05) is 39.0 Å². The van der Waals surface area contributed by atoms with Gasteiger partial charge in [0.15, 0.2) is 6.04 Å². The van der Waals surface area contributed by atoms with E-state index in [1.54, 1.807) is 22.8 Å². The van der Waals surface area contributed by atoms with Crippen molar-refractivity contribution in [2.75, 3.05) is 7.11 Å². The van der Waals surface area contributed by atoms with Gasteiger partial charge in [-0.25, -0.2) is 9.18 Å². The lowest BCUT2D eigenvalue weighted by Crippen LogP contribution is -2.52. The van der Waals surface area contributed by atoms with E-state index in [1.165, 1.54) is 19.2 Å². The summed E-state index contributed by atoms with van der Waals surface area (Å²) in [6.45, 7) is 5.95. The summed E-state index contributed by atoms with van der Waals surface area (Å²) in [5.74, 6) is -1.33. The Balaban J connectivity index is 2.14. The van der Waals surface area contributed by atoms with Gasteiger partial charge in [-0.1, -0.05) is 55.8 Å². The largest absolute Gasteiger partial charge is 0.465 e. The minimum absolute atomic E-state index is 0.0636. The van der Waals surface area contributed by atoms with Crippen LogP contribution in [0, 0.1) is 5.82 Å². The van der Waals surface area contributed by atoms with Crippen molar-refractivity contribution >= 4 is 23.4 Å². The van der Waals surface area contributed by atoms with E-state index in [0.717, 1.165) is 11.1 Å². The number of carbonyl (C=O) groups excluding carboxylic acids is 2. The molecule has 31 heavy (non-hydrogen) atoms. The van der Waals surface area contributed by atoms with Crippen molar-refractivity contribution in [1.29, 1.82) is 0 Å². The standard InChI is InChI=1S/C25H22ClFNO3/c1-13(2)15-9-7-10-16-14(3)28-22(17-8-5-6-11-20(17)27)19(26)12-18(25(30)31-4)23(28)24(29)21(15)16/h5-14H,1-4H3/q+1. The van der Waals surface area contributed by atoms with Crippen molar-refractivity contribution in [3.8, 4) is 11.3 Å². The molecule has 1 unspecified atom stereocenters. The quantitative estimate of drug-likeness (QED) is 0.401. The summed E-state index contributed by atoms with van der Waals surface area (Å²) in [5.41, 5.74) is 3.12. The predicted octanol–water partition coefficient (Wildman–Crippen LogP) is 5.50. The summed E-state index contributed by atoms with van der Waals surface area (Å²) in [6.07, 6.45) is 0. The van der Waals surface area contributed by atoms with Crippen LogP contribution >= 0.6 is 11.6 Å². The highest BCUT2D eigenvalue weighted by Crippen LogP contribution is 2.37. The van der Waals surface area contributed by atoms with Gasteiger partial charge in [0.25, 0.3) is 11.5 Å². The van der Waals surface area contributed by atoms with Crippen LogP contribution in [0.4, 0.5) is 4.39 Å². The molecule has 0 aliphatic carbocycles. The van der Waals surface area contributed by atoms with Gasteiger partial charge in [-0.2, -0.15) is 4.57 Å². The zero-order valence-corrected chi connectivity index (χ0v) is 18.5. The number of methoxy groups -OCH3 is 1. The van der Waals surface area contributed by atoms with Crippen LogP contribution in [-0.2, 0) is 4.74 Å². The molecule has 1 atom stereocenters. The Kier molecular flexibility index (Phi) is 5.40. The molecule has 0 radical (unpaired) electrons. The molecule has 6 heteroatoms. The smallest absolute Gasteiger partial charge is 0.344 e. The molecule has 0 spiro atoms. The van der Waals surface area contributed by atoms with Crippen molar-refractivity contribution in [1.82, 2.24) is 0 Å². The summed E-state index contributed by atoms with van der Waals surface area (Å²) < 4.78 is 21.4. The minimum Gasteiger partial charge on any atom is -0.465 e. The molecular formula is C25H22ClFNO3+. The lowest BCUT2D eigenvalue weighted by atomic mass is 9.83. The van der Waals surface area contributed by atoms with Crippen molar-refractivity contribution in [3.05, 3.63) is 87.3 Å². The monoisotopic (exact) mass is 438 g/mol. The maximum atomic E-state index is 14.8. The second kappa shape index (κ2) is 7.89. The van der Waals surface area contributed by atoms with Gasteiger partial charge in [-0.15, -0.1) is 0 Å². The topological polar surface area (TPSA) is 47.2 Å². The third-order valence-corrected chi connectivity index (χ3v) is 6.09. The van der Waals surface area contributed by atoms with Gasteiger partial charge < -0.3 is 4.74 Å². The summed E-state index contributed by atoms with van der Waals surface area (Å²) in [7, 11) is 1.25. The molecule has 1 aliphatic rings. The second-order valence-electron chi connectivity index (χ2n) is 7.92. The van der Waals surface area contributed by atoms with E-state index in [2.05, 4.69) is 0 Å². The number of hydrogen-bond donors (Lipinski definition) is 0. The minimum atomic E-state index is -0.670. The number of hydrogen-bond acceptors (Lipinski definition) is 3. The van der Waals surface area contributed by atoms with Crippen molar-refractivity contribution in [2.45, 2.75) is 32.7 Å².